The molecular weight excluding hydrogens is 500 g/mol. The number of carbonyl (C=O) groups excluding carboxylic acids is 2. The Balaban J connectivity index is 1.44. The van der Waals surface area contributed by atoms with Crippen LogP contribution in [0, 0.1) is 6.92 Å². The third-order valence-electron chi connectivity index (χ3n) is 8.25. The van der Waals surface area contributed by atoms with E-state index in [2.05, 4.69) is 9.97 Å². The van der Waals surface area contributed by atoms with E-state index in [1.54, 1.807) is 24.4 Å². The van der Waals surface area contributed by atoms with Crippen molar-refractivity contribution < 1.29 is 14.3 Å². The van der Waals surface area contributed by atoms with E-state index >= 15 is 0 Å². The van der Waals surface area contributed by atoms with E-state index < -0.39 is 10.8 Å². The van der Waals surface area contributed by atoms with E-state index in [1.165, 1.54) is 0 Å². The number of nitrogens with zero attached hydrogens (tertiary/aromatic N) is 4. The second-order valence-corrected chi connectivity index (χ2v) is 11.6. The lowest BCUT2D eigenvalue weighted by atomic mass is 9.85. The minimum absolute atomic E-state index is 0.00922. The van der Waals surface area contributed by atoms with Crippen molar-refractivity contribution in [2.75, 3.05) is 16.9 Å². The minimum Gasteiger partial charge on any atom is -0.497 e. The van der Waals surface area contributed by atoms with Crippen LogP contribution in [0.1, 0.15) is 50.2 Å². The SMILES string of the molecule is COc1ccc(CN2C(=O)C(C)(C)c3ccc(N4C(=O)C(C)(C)c5ccc(-c6cnc(C)nc6)cc54)cc32)cc1. The van der Waals surface area contributed by atoms with Crippen molar-refractivity contribution in [1.29, 1.82) is 0 Å². The lowest BCUT2D eigenvalue weighted by molar-refractivity contribution is -0.122. The second kappa shape index (κ2) is 9.01. The maximum Gasteiger partial charge on any atom is 0.241 e. The van der Waals surface area contributed by atoms with Crippen molar-refractivity contribution in [3.63, 3.8) is 0 Å². The summed E-state index contributed by atoms with van der Waals surface area (Å²) < 4.78 is 5.29. The summed E-state index contributed by atoms with van der Waals surface area (Å²) in [7, 11) is 1.63. The fourth-order valence-corrected chi connectivity index (χ4v) is 5.77. The predicted molar refractivity (Wildman–Crippen MR) is 156 cm³/mol. The predicted octanol–water partition coefficient (Wildman–Crippen LogP) is 6.24. The van der Waals surface area contributed by atoms with Crippen molar-refractivity contribution in [3.8, 4) is 16.9 Å². The summed E-state index contributed by atoms with van der Waals surface area (Å²) in [6.45, 7) is 10.1. The molecule has 0 fully saturated rings. The molecule has 40 heavy (non-hydrogen) atoms. The molecule has 3 aromatic carbocycles. The van der Waals surface area contributed by atoms with Crippen molar-refractivity contribution in [2.45, 2.75) is 52.0 Å². The molecule has 6 rings (SSSR count). The van der Waals surface area contributed by atoms with Gasteiger partial charge in [-0.3, -0.25) is 14.5 Å². The molecule has 0 atom stereocenters. The molecule has 1 aromatic heterocycles. The first-order chi connectivity index (χ1) is 19.0. The summed E-state index contributed by atoms with van der Waals surface area (Å²) >= 11 is 0. The second-order valence-electron chi connectivity index (χ2n) is 11.6. The molecule has 2 amide bonds. The number of fused-ring (bicyclic) bond motifs is 2. The molecule has 2 aliphatic heterocycles. The van der Waals surface area contributed by atoms with Crippen LogP contribution >= 0.6 is 0 Å². The molecule has 0 bridgehead atoms. The van der Waals surface area contributed by atoms with Gasteiger partial charge < -0.3 is 9.64 Å². The number of benzene rings is 3. The molecule has 7 nitrogen and oxygen atoms in total. The van der Waals surface area contributed by atoms with Crippen LogP contribution in [0.25, 0.3) is 11.1 Å². The van der Waals surface area contributed by atoms with Crippen LogP contribution in [0.5, 0.6) is 5.75 Å². The van der Waals surface area contributed by atoms with Gasteiger partial charge in [0, 0.05) is 18.0 Å². The normalized spacial score (nSPS) is 16.8. The van der Waals surface area contributed by atoms with E-state index in [4.69, 9.17) is 4.74 Å². The number of aromatic nitrogens is 2. The third-order valence-corrected chi connectivity index (χ3v) is 8.25. The van der Waals surface area contributed by atoms with Crippen LogP contribution in [0.3, 0.4) is 0 Å². The van der Waals surface area contributed by atoms with Gasteiger partial charge in [-0.25, -0.2) is 9.97 Å². The van der Waals surface area contributed by atoms with Crippen LogP contribution in [0.4, 0.5) is 17.1 Å². The number of hydrogen-bond acceptors (Lipinski definition) is 5. The number of ether oxygens (including phenoxy) is 1. The van der Waals surface area contributed by atoms with E-state index in [0.29, 0.717) is 12.4 Å². The lowest BCUT2D eigenvalue weighted by Gasteiger charge is -2.23. The summed E-state index contributed by atoms with van der Waals surface area (Å²) in [4.78, 5) is 39.9. The highest BCUT2D eigenvalue weighted by molar-refractivity contribution is 6.14. The number of hydrogen-bond donors (Lipinski definition) is 0. The monoisotopic (exact) mass is 532 g/mol. The van der Waals surface area contributed by atoms with Crippen LogP contribution in [-0.2, 0) is 27.0 Å². The van der Waals surface area contributed by atoms with Crippen molar-refractivity contribution >= 4 is 28.9 Å². The molecule has 0 aliphatic carbocycles. The van der Waals surface area contributed by atoms with Gasteiger partial charge in [0.25, 0.3) is 0 Å². The first-order valence-corrected chi connectivity index (χ1v) is 13.4. The maximum atomic E-state index is 13.9. The van der Waals surface area contributed by atoms with Gasteiger partial charge in [-0.05, 0) is 87.2 Å². The highest BCUT2D eigenvalue weighted by Gasteiger charge is 2.47. The van der Waals surface area contributed by atoms with Crippen molar-refractivity contribution in [1.82, 2.24) is 9.97 Å². The summed E-state index contributed by atoms with van der Waals surface area (Å²) in [5.41, 5.74) is 5.75. The van der Waals surface area contributed by atoms with Gasteiger partial charge in [-0.2, -0.15) is 0 Å². The first-order valence-electron chi connectivity index (χ1n) is 13.4. The van der Waals surface area contributed by atoms with Crippen LogP contribution in [-0.4, -0.2) is 28.9 Å². The average molecular weight is 533 g/mol. The van der Waals surface area contributed by atoms with E-state index in [1.807, 2.05) is 100 Å². The summed E-state index contributed by atoms with van der Waals surface area (Å²) in [6, 6.07) is 19.8. The van der Waals surface area contributed by atoms with Crippen molar-refractivity contribution in [2.24, 2.45) is 0 Å². The van der Waals surface area contributed by atoms with E-state index in [9.17, 15) is 9.59 Å². The highest BCUT2D eigenvalue weighted by Crippen LogP contribution is 2.50. The van der Waals surface area contributed by atoms with Gasteiger partial charge in [-0.15, -0.1) is 0 Å². The van der Waals surface area contributed by atoms with Gasteiger partial charge in [-0.1, -0.05) is 30.3 Å². The number of aryl methyl sites for hydroxylation is 1. The summed E-state index contributed by atoms with van der Waals surface area (Å²) in [5, 5.41) is 0. The molecule has 3 heterocycles. The Hall–Kier alpha value is -4.52. The molecule has 2 aliphatic rings. The van der Waals surface area contributed by atoms with Gasteiger partial charge in [0.2, 0.25) is 11.8 Å². The largest absolute Gasteiger partial charge is 0.497 e. The first kappa shape index (κ1) is 25.7. The summed E-state index contributed by atoms with van der Waals surface area (Å²) in [5.74, 6) is 1.50. The smallest absolute Gasteiger partial charge is 0.241 e. The zero-order valence-corrected chi connectivity index (χ0v) is 23.6. The van der Waals surface area contributed by atoms with Gasteiger partial charge in [0.1, 0.15) is 11.6 Å². The number of amides is 2. The maximum absolute atomic E-state index is 13.9. The minimum atomic E-state index is -0.700. The molecule has 202 valence electrons. The fourth-order valence-electron chi connectivity index (χ4n) is 5.77. The zero-order chi connectivity index (χ0) is 28.4. The lowest BCUT2D eigenvalue weighted by Crippen LogP contribution is -2.35. The molecular formula is C33H32N4O3. The van der Waals surface area contributed by atoms with Crippen molar-refractivity contribution in [3.05, 3.63) is 95.6 Å². The molecule has 0 N–H and O–H groups in total. The highest BCUT2D eigenvalue weighted by atomic mass is 16.5. The Morgan fingerprint density at radius 3 is 2.05 bits per heavy atom. The van der Waals surface area contributed by atoms with E-state index in [0.717, 1.165) is 50.6 Å². The Morgan fingerprint density at radius 2 is 1.38 bits per heavy atom. The standard InChI is InChI=1S/C33H32N4O3/c1-20-34-17-23(18-35-20)22-9-13-27-29(15-22)37(31(39)33(27,4)5)24-10-14-26-28(16-24)36(30(38)32(26,2)3)19-21-7-11-25(40-6)12-8-21/h7-18H,19H2,1-6H3. The molecule has 7 heteroatoms. The molecule has 4 aromatic rings. The molecule has 0 saturated carbocycles. The third kappa shape index (κ3) is 3.87. The van der Waals surface area contributed by atoms with Crippen LogP contribution in [0.15, 0.2) is 73.1 Å². The zero-order valence-electron chi connectivity index (χ0n) is 23.6. The molecule has 0 saturated heterocycles. The Labute approximate surface area is 234 Å². The number of anilines is 3. The van der Waals surface area contributed by atoms with Gasteiger partial charge >= 0.3 is 0 Å². The van der Waals surface area contributed by atoms with Gasteiger partial charge in [0.15, 0.2) is 0 Å². The van der Waals surface area contributed by atoms with Gasteiger partial charge in [0.05, 0.1) is 41.5 Å². The van der Waals surface area contributed by atoms with Crippen LogP contribution in [0.2, 0.25) is 0 Å². The average Bonchev–Trinajstić information content (AvgIpc) is 3.26. The Kier molecular flexibility index (Phi) is 5.80. The topological polar surface area (TPSA) is 75.6 Å². The van der Waals surface area contributed by atoms with Crippen LogP contribution < -0.4 is 14.5 Å². The molecule has 0 unspecified atom stereocenters. The quantitative estimate of drug-likeness (QED) is 0.304. The Morgan fingerprint density at radius 1 is 0.750 bits per heavy atom. The molecule has 0 radical (unpaired) electrons. The number of methoxy groups -OCH3 is 1. The molecule has 0 spiro atoms. The fraction of sp³-hybridized carbons (Fsp3) is 0.273. The number of rotatable bonds is 5. The summed E-state index contributed by atoms with van der Waals surface area (Å²) in [6.07, 6.45) is 3.60. The number of carbonyl (C=O) groups is 2. The Bertz CT molecular complexity index is 1660. The van der Waals surface area contributed by atoms with E-state index in [-0.39, 0.29) is 11.8 Å².